The van der Waals surface area contributed by atoms with E-state index in [1.807, 2.05) is 29.5 Å². The summed E-state index contributed by atoms with van der Waals surface area (Å²) in [7, 11) is 0. The second-order valence-corrected chi connectivity index (χ2v) is 8.86. The lowest BCUT2D eigenvalue weighted by Crippen LogP contribution is -2.52. The Morgan fingerprint density at radius 3 is 2.45 bits per heavy atom. The molecule has 0 spiro atoms. The average molecular weight is 404 g/mol. The van der Waals surface area contributed by atoms with Gasteiger partial charge in [0.05, 0.1) is 6.04 Å². The summed E-state index contributed by atoms with van der Waals surface area (Å²) in [6, 6.07) is 23.2. The Kier molecular flexibility index (Phi) is 5.08. The van der Waals surface area contributed by atoms with Crippen LogP contribution in [0.5, 0.6) is 0 Å². The Morgan fingerprint density at radius 2 is 1.69 bits per heavy atom. The monoisotopic (exact) mass is 403 g/mol. The van der Waals surface area contributed by atoms with Gasteiger partial charge in [-0.25, -0.2) is 4.79 Å². The Hall–Kier alpha value is -2.63. The highest BCUT2D eigenvalue weighted by Gasteiger charge is 2.38. The second kappa shape index (κ2) is 8.01. The van der Waals surface area contributed by atoms with Gasteiger partial charge in [-0.1, -0.05) is 54.6 Å². The van der Waals surface area contributed by atoms with Crippen LogP contribution >= 0.6 is 11.3 Å². The number of carbonyl (C=O) groups is 1. The third kappa shape index (κ3) is 3.68. The van der Waals surface area contributed by atoms with E-state index in [4.69, 9.17) is 0 Å². The number of para-hydroxylation sites is 1. The maximum Gasteiger partial charge on any atom is 0.322 e. The third-order valence-corrected chi connectivity index (χ3v) is 6.90. The van der Waals surface area contributed by atoms with Crippen LogP contribution in [0, 0.1) is 0 Å². The lowest BCUT2D eigenvalue weighted by molar-refractivity contribution is 0.106. The van der Waals surface area contributed by atoms with Gasteiger partial charge >= 0.3 is 6.03 Å². The molecule has 148 valence electrons. The third-order valence-electron chi connectivity index (χ3n) is 6.04. The number of nitrogens with one attached hydrogen (secondary N) is 1. The average Bonchev–Trinajstić information content (AvgIpc) is 3.27. The van der Waals surface area contributed by atoms with E-state index in [0.717, 1.165) is 38.2 Å². The fourth-order valence-corrected chi connectivity index (χ4v) is 5.37. The topological polar surface area (TPSA) is 35.6 Å². The molecule has 0 bridgehead atoms. The number of benzene rings is 2. The van der Waals surface area contributed by atoms with Crippen molar-refractivity contribution in [3.05, 3.63) is 88.1 Å². The van der Waals surface area contributed by atoms with Crippen LogP contribution in [-0.2, 0) is 6.54 Å². The first kappa shape index (κ1) is 18.4. The minimum absolute atomic E-state index is 0.0225. The largest absolute Gasteiger partial charge is 0.322 e. The molecule has 2 aliphatic heterocycles. The molecule has 1 aromatic heterocycles. The minimum atomic E-state index is -0.0324. The number of rotatable bonds is 4. The van der Waals surface area contributed by atoms with Crippen molar-refractivity contribution < 1.29 is 4.79 Å². The molecule has 1 N–H and O–H groups in total. The van der Waals surface area contributed by atoms with E-state index >= 15 is 0 Å². The summed E-state index contributed by atoms with van der Waals surface area (Å²) in [6.45, 7) is 3.06. The number of fused-ring (bicyclic) bond motifs is 1. The number of carbonyl (C=O) groups excluding carboxylic acids is 1. The maximum absolute atomic E-state index is 13.2. The number of hydrogen-bond donors (Lipinski definition) is 1. The number of likely N-dealkylation sites (tertiary alicyclic amines) is 1. The predicted molar refractivity (Wildman–Crippen MR) is 118 cm³/mol. The zero-order chi connectivity index (χ0) is 19.6. The molecule has 1 atom stereocenters. The fourth-order valence-electron chi connectivity index (χ4n) is 4.63. The molecule has 0 radical (unpaired) electrons. The standard InChI is InChI=1S/C24H25N3OS/c28-24-25-22-11-5-4-10-21(22)23(18-7-2-1-3-8-18)27(24)19-12-14-26(15-13-19)17-20-9-6-16-29-20/h1-11,16,19,23H,12-15,17H2,(H,25,28). The number of hydrogen-bond acceptors (Lipinski definition) is 3. The van der Waals surface area contributed by atoms with Crippen molar-refractivity contribution in [3.8, 4) is 0 Å². The molecule has 0 aliphatic carbocycles. The van der Waals surface area contributed by atoms with E-state index in [0.29, 0.717) is 0 Å². The van der Waals surface area contributed by atoms with Crippen molar-refractivity contribution in [1.82, 2.24) is 9.80 Å². The molecule has 29 heavy (non-hydrogen) atoms. The van der Waals surface area contributed by atoms with E-state index in [-0.39, 0.29) is 18.1 Å². The molecule has 2 amide bonds. The summed E-state index contributed by atoms with van der Waals surface area (Å²) in [6.07, 6.45) is 2.01. The Balaban J connectivity index is 1.40. The normalized spacial score (nSPS) is 20.3. The molecule has 4 nitrogen and oxygen atoms in total. The first-order chi connectivity index (χ1) is 14.3. The molecule has 1 fully saturated rings. The summed E-state index contributed by atoms with van der Waals surface area (Å²) in [5.74, 6) is 0. The summed E-state index contributed by atoms with van der Waals surface area (Å²) < 4.78 is 0. The molecule has 5 heteroatoms. The lowest BCUT2D eigenvalue weighted by Gasteiger charge is -2.45. The summed E-state index contributed by atoms with van der Waals surface area (Å²) in [5, 5.41) is 5.27. The van der Waals surface area contributed by atoms with Crippen LogP contribution in [0.4, 0.5) is 10.5 Å². The number of amides is 2. The van der Waals surface area contributed by atoms with Gasteiger partial charge in [0.25, 0.3) is 0 Å². The SMILES string of the molecule is O=C1Nc2ccccc2C(c2ccccc2)N1C1CCN(Cc2cccs2)CC1. The van der Waals surface area contributed by atoms with Crippen LogP contribution in [0.1, 0.15) is 34.9 Å². The quantitative estimate of drug-likeness (QED) is 0.637. The Morgan fingerprint density at radius 1 is 0.931 bits per heavy atom. The smallest absolute Gasteiger partial charge is 0.310 e. The van der Waals surface area contributed by atoms with Crippen molar-refractivity contribution in [3.63, 3.8) is 0 Å². The maximum atomic E-state index is 13.2. The van der Waals surface area contributed by atoms with Gasteiger partial charge in [0, 0.05) is 41.8 Å². The summed E-state index contributed by atoms with van der Waals surface area (Å²) in [5.41, 5.74) is 3.29. The second-order valence-electron chi connectivity index (χ2n) is 7.82. The molecular formula is C24H25N3OS. The van der Waals surface area contributed by atoms with E-state index in [9.17, 15) is 4.79 Å². The van der Waals surface area contributed by atoms with Crippen molar-refractivity contribution in [2.24, 2.45) is 0 Å². The van der Waals surface area contributed by atoms with Gasteiger partial charge in [-0.3, -0.25) is 4.90 Å². The molecule has 1 saturated heterocycles. The Labute approximate surface area is 175 Å². The number of piperidine rings is 1. The fraction of sp³-hybridized carbons (Fsp3) is 0.292. The molecule has 0 saturated carbocycles. The van der Waals surface area contributed by atoms with Crippen molar-refractivity contribution >= 4 is 23.1 Å². The Bertz CT molecular complexity index is 965. The highest BCUT2D eigenvalue weighted by Crippen LogP contribution is 2.40. The number of nitrogens with zero attached hydrogens (tertiary/aromatic N) is 2. The lowest BCUT2D eigenvalue weighted by atomic mass is 9.90. The van der Waals surface area contributed by atoms with Gasteiger partial charge in [-0.05, 0) is 35.9 Å². The van der Waals surface area contributed by atoms with E-state index in [1.165, 1.54) is 16.0 Å². The molecule has 1 unspecified atom stereocenters. The van der Waals surface area contributed by atoms with Crippen LogP contribution in [0.25, 0.3) is 0 Å². The molecular weight excluding hydrogens is 378 g/mol. The van der Waals surface area contributed by atoms with Gasteiger partial charge in [-0.15, -0.1) is 11.3 Å². The van der Waals surface area contributed by atoms with Crippen molar-refractivity contribution in [2.75, 3.05) is 18.4 Å². The highest BCUT2D eigenvalue weighted by molar-refractivity contribution is 7.09. The molecule has 3 heterocycles. The van der Waals surface area contributed by atoms with Gasteiger partial charge in [0.15, 0.2) is 0 Å². The van der Waals surface area contributed by atoms with E-state index in [1.54, 1.807) is 0 Å². The van der Waals surface area contributed by atoms with Crippen LogP contribution in [-0.4, -0.2) is 35.0 Å². The molecule has 2 aliphatic rings. The molecule has 5 rings (SSSR count). The van der Waals surface area contributed by atoms with Crippen LogP contribution in [0.2, 0.25) is 0 Å². The zero-order valence-corrected chi connectivity index (χ0v) is 17.1. The summed E-state index contributed by atoms with van der Waals surface area (Å²) >= 11 is 1.82. The molecule has 3 aromatic rings. The van der Waals surface area contributed by atoms with Crippen molar-refractivity contribution in [1.29, 1.82) is 0 Å². The number of anilines is 1. The van der Waals surface area contributed by atoms with E-state index < -0.39 is 0 Å². The van der Waals surface area contributed by atoms with Crippen LogP contribution < -0.4 is 5.32 Å². The molecule has 2 aromatic carbocycles. The first-order valence-corrected chi connectivity index (χ1v) is 11.2. The van der Waals surface area contributed by atoms with Crippen molar-refractivity contribution in [2.45, 2.75) is 31.5 Å². The van der Waals surface area contributed by atoms with Gasteiger partial charge in [-0.2, -0.15) is 0 Å². The van der Waals surface area contributed by atoms with E-state index in [2.05, 4.69) is 69.0 Å². The van der Waals surface area contributed by atoms with Gasteiger partial charge in [0.1, 0.15) is 0 Å². The summed E-state index contributed by atoms with van der Waals surface area (Å²) in [4.78, 5) is 19.2. The van der Waals surface area contributed by atoms with Gasteiger partial charge < -0.3 is 10.2 Å². The van der Waals surface area contributed by atoms with Gasteiger partial charge in [0.2, 0.25) is 0 Å². The first-order valence-electron chi connectivity index (χ1n) is 10.3. The highest BCUT2D eigenvalue weighted by atomic mass is 32.1. The minimum Gasteiger partial charge on any atom is -0.310 e. The number of urea groups is 1. The van der Waals surface area contributed by atoms with Crippen LogP contribution in [0.15, 0.2) is 72.1 Å². The number of thiophene rings is 1. The predicted octanol–water partition coefficient (Wildman–Crippen LogP) is 5.35. The zero-order valence-electron chi connectivity index (χ0n) is 16.3. The van der Waals surface area contributed by atoms with Crippen LogP contribution in [0.3, 0.4) is 0 Å².